The van der Waals surface area contributed by atoms with Crippen molar-refractivity contribution < 1.29 is 15.0 Å². The third-order valence-corrected chi connectivity index (χ3v) is 1.95. The molecule has 0 fully saturated rings. The van der Waals surface area contributed by atoms with Crippen molar-refractivity contribution >= 4 is 17.1 Å². The van der Waals surface area contributed by atoms with Gasteiger partial charge in [-0.2, -0.15) is 10.3 Å². The number of fused-ring (bicyclic) bond motifs is 1. The SMILES string of the molecule is O=C(O)C[C@@H](O)c1cnc2n[nH]nc2c1. The lowest BCUT2D eigenvalue weighted by Crippen LogP contribution is -2.05. The van der Waals surface area contributed by atoms with Crippen LogP contribution in [-0.4, -0.2) is 36.6 Å². The van der Waals surface area contributed by atoms with Gasteiger partial charge in [0.2, 0.25) is 5.65 Å². The first-order valence-corrected chi connectivity index (χ1v) is 4.23. The maximum atomic E-state index is 10.4. The van der Waals surface area contributed by atoms with Gasteiger partial charge >= 0.3 is 5.97 Å². The van der Waals surface area contributed by atoms with E-state index in [-0.39, 0.29) is 6.42 Å². The van der Waals surface area contributed by atoms with Gasteiger partial charge in [-0.15, -0.1) is 5.10 Å². The monoisotopic (exact) mass is 208 g/mol. The van der Waals surface area contributed by atoms with E-state index in [4.69, 9.17) is 5.11 Å². The topological polar surface area (TPSA) is 112 Å². The molecular formula is C8H8N4O3. The van der Waals surface area contributed by atoms with Gasteiger partial charge in [0.15, 0.2) is 0 Å². The average molecular weight is 208 g/mol. The third-order valence-electron chi connectivity index (χ3n) is 1.95. The summed E-state index contributed by atoms with van der Waals surface area (Å²) in [5.41, 5.74) is 1.34. The zero-order valence-corrected chi connectivity index (χ0v) is 7.58. The molecule has 2 aromatic heterocycles. The number of aliphatic hydroxyl groups is 1. The van der Waals surface area contributed by atoms with E-state index in [9.17, 15) is 9.90 Å². The number of carboxylic acid groups (broad SMARTS) is 1. The smallest absolute Gasteiger partial charge is 0.306 e. The minimum Gasteiger partial charge on any atom is -0.481 e. The van der Waals surface area contributed by atoms with Crippen LogP contribution >= 0.6 is 0 Å². The maximum absolute atomic E-state index is 10.4. The van der Waals surface area contributed by atoms with E-state index in [2.05, 4.69) is 20.4 Å². The molecule has 15 heavy (non-hydrogen) atoms. The van der Waals surface area contributed by atoms with E-state index < -0.39 is 12.1 Å². The highest BCUT2D eigenvalue weighted by molar-refractivity contribution is 5.70. The van der Waals surface area contributed by atoms with Crippen molar-refractivity contribution in [2.45, 2.75) is 12.5 Å². The molecular weight excluding hydrogens is 200 g/mol. The lowest BCUT2D eigenvalue weighted by molar-refractivity contribution is -0.139. The fourth-order valence-corrected chi connectivity index (χ4v) is 1.22. The zero-order chi connectivity index (χ0) is 10.8. The normalized spacial score (nSPS) is 12.9. The molecule has 7 nitrogen and oxygen atoms in total. The largest absolute Gasteiger partial charge is 0.481 e. The molecule has 7 heteroatoms. The Morgan fingerprint density at radius 3 is 3.07 bits per heavy atom. The number of aliphatic hydroxyl groups excluding tert-OH is 1. The molecule has 0 aliphatic carbocycles. The highest BCUT2D eigenvalue weighted by Gasteiger charge is 2.13. The Morgan fingerprint density at radius 1 is 1.53 bits per heavy atom. The van der Waals surface area contributed by atoms with Gasteiger partial charge in [0, 0.05) is 11.8 Å². The molecule has 0 aromatic carbocycles. The Kier molecular flexibility index (Phi) is 2.30. The number of nitrogens with zero attached hydrogens (tertiary/aromatic N) is 3. The summed E-state index contributed by atoms with van der Waals surface area (Å²) in [6.07, 6.45) is -0.0418. The zero-order valence-electron chi connectivity index (χ0n) is 7.58. The van der Waals surface area contributed by atoms with E-state index in [1.807, 2.05) is 0 Å². The minimum absolute atomic E-state index is 0.356. The predicted molar refractivity (Wildman–Crippen MR) is 48.9 cm³/mol. The maximum Gasteiger partial charge on any atom is 0.306 e. The van der Waals surface area contributed by atoms with Crippen molar-refractivity contribution in [3.63, 3.8) is 0 Å². The van der Waals surface area contributed by atoms with Crippen LogP contribution in [0.1, 0.15) is 18.1 Å². The summed E-state index contributed by atoms with van der Waals surface area (Å²) < 4.78 is 0. The second-order valence-electron chi connectivity index (χ2n) is 3.05. The summed E-state index contributed by atoms with van der Waals surface area (Å²) in [6.45, 7) is 0. The van der Waals surface area contributed by atoms with Gasteiger partial charge in [-0.05, 0) is 6.07 Å². The molecule has 1 atom stereocenters. The summed E-state index contributed by atoms with van der Waals surface area (Å²) in [6, 6.07) is 1.56. The predicted octanol–water partition coefficient (Wildman–Crippen LogP) is -0.139. The van der Waals surface area contributed by atoms with Crippen LogP contribution in [-0.2, 0) is 4.79 Å². The van der Waals surface area contributed by atoms with Crippen LogP contribution in [0.15, 0.2) is 12.3 Å². The van der Waals surface area contributed by atoms with Crippen LogP contribution in [0.25, 0.3) is 11.2 Å². The summed E-state index contributed by atoms with van der Waals surface area (Å²) >= 11 is 0. The van der Waals surface area contributed by atoms with Gasteiger partial charge in [-0.1, -0.05) is 0 Å². The highest BCUT2D eigenvalue weighted by Crippen LogP contribution is 2.17. The number of pyridine rings is 1. The van der Waals surface area contributed by atoms with E-state index in [0.717, 1.165) is 0 Å². The number of carbonyl (C=O) groups is 1. The Bertz CT molecular complexity index is 495. The summed E-state index contributed by atoms with van der Waals surface area (Å²) in [5, 5.41) is 27.9. The van der Waals surface area contributed by atoms with Crippen LogP contribution in [0.4, 0.5) is 0 Å². The molecule has 0 aliphatic rings. The lowest BCUT2D eigenvalue weighted by atomic mass is 10.1. The first kappa shape index (κ1) is 9.53. The molecule has 0 spiro atoms. The van der Waals surface area contributed by atoms with Crippen molar-refractivity contribution in [2.75, 3.05) is 0 Å². The van der Waals surface area contributed by atoms with Crippen LogP contribution in [0, 0.1) is 0 Å². The first-order chi connectivity index (χ1) is 7.16. The van der Waals surface area contributed by atoms with E-state index in [1.165, 1.54) is 6.20 Å². The van der Waals surface area contributed by atoms with Crippen molar-refractivity contribution in [3.05, 3.63) is 17.8 Å². The molecule has 0 saturated heterocycles. The number of H-pyrrole nitrogens is 1. The molecule has 0 unspecified atom stereocenters. The van der Waals surface area contributed by atoms with Crippen LogP contribution in [0.2, 0.25) is 0 Å². The molecule has 2 heterocycles. The molecule has 0 aliphatic heterocycles. The van der Waals surface area contributed by atoms with E-state index >= 15 is 0 Å². The molecule has 3 N–H and O–H groups in total. The molecule has 2 aromatic rings. The van der Waals surface area contributed by atoms with Gasteiger partial charge in [-0.3, -0.25) is 4.79 Å². The Labute approximate surface area is 83.8 Å². The molecule has 78 valence electrons. The minimum atomic E-state index is -1.07. The van der Waals surface area contributed by atoms with Gasteiger partial charge in [0.05, 0.1) is 12.5 Å². The van der Waals surface area contributed by atoms with Gasteiger partial charge in [-0.25, -0.2) is 4.98 Å². The number of carboxylic acids is 1. The van der Waals surface area contributed by atoms with Crippen molar-refractivity contribution in [3.8, 4) is 0 Å². The fraction of sp³-hybridized carbons (Fsp3) is 0.250. The number of hydrogen-bond donors (Lipinski definition) is 3. The third kappa shape index (κ3) is 1.91. The second-order valence-corrected chi connectivity index (χ2v) is 3.05. The van der Waals surface area contributed by atoms with Crippen LogP contribution in [0.5, 0.6) is 0 Å². The molecule has 0 amide bonds. The van der Waals surface area contributed by atoms with Crippen LogP contribution < -0.4 is 0 Å². The number of aromatic amines is 1. The summed E-state index contributed by atoms with van der Waals surface area (Å²) in [5.74, 6) is -1.07. The molecule has 2 rings (SSSR count). The fourth-order valence-electron chi connectivity index (χ4n) is 1.22. The first-order valence-electron chi connectivity index (χ1n) is 4.23. The van der Waals surface area contributed by atoms with E-state index in [1.54, 1.807) is 6.07 Å². The number of rotatable bonds is 3. The standard InChI is InChI=1S/C8H8N4O3/c13-6(2-7(14)15)4-1-5-8(9-3-4)11-12-10-5/h1,3,6,13H,2H2,(H,14,15)(H,9,10,11,12)/t6-/m1/s1. The summed E-state index contributed by atoms with van der Waals surface area (Å²) in [7, 11) is 0. The van der Waals surface area contributed by atoms with Crippen molar-refractivity contribution in [1.82, 2.24) is 20.4 Å². The summed E-state index contributed by atoms with van der Waals surface area (Å²) in [4.78, 5) is 14.3. The lowest BCUT2D eigenvalue weighted by Gasteiger charge is -2.06. The van der Waals surface area contributed by atoms with Crippen LogP contribution in [0.3, 0.4) is 0 Å². The average Bonchev–Trinajstić information content (AvgIpc) is 2.62. The Hall–Kier alpha value is -2.02. The van der Waals surface area contributed by atoms with E-state index in [0.29, 0.717) is 16.7 Å². The van der Waals surface area contributed by atoms with Crippen molar-refractivity contribution in [2.24, 2.45) is 0 Å². The molecule has 0 bridgehead atoms. The second kappa shape index (κ2) is 3.62. The molecule has 0 radical (unpaired) electrons. The van der Waals surface area contributed by atoms with Gasteiger partial charge < -0.3 is 10.2 Å². The number of aromatic nitrogens is 4. The highest BCUT2D eigenvalue weighted by atomic mass is 16.4. The Balaban J connectivity index is 2.30. The number of nitrogens with one attached hydrogen (secondary N) is 1. The van der Waals surface area contributed by atoms with Crippen molar-refractivity contribution in [1.29, 1.82) is 0 Å². The Morgan fingerprint density at radius 2 is 2.33 bits per heavy atom. The quantitative estimate of drug-likeness (QED) is 0.647. The van der Waals surface area contributed by atoms with Gasteiger partial charge in [0.25, 0.3) is 0 Å². The van der Waals surface area contributed by atoms with Gasteiger partial charge in [0.1, 0.15) is 5.52 Å². The number of hydrogen-bond acceptors (Lipinski definition) is 5. The molecule has 0 saturated carbocycles. The number of aliphatic carboxylic acids is 1.